The molecule has 4 aromatic rings. The van der Waals surface area contributed by atoms with Gasteiger partial charge in [0.1, 0.15) is 11.5 Å². The SMILES string of the molecule is C/C=C(\C=C(\C)CCC(C)c1ccc(Oc2ccccc2C)c(C)c1)C(=O)c1cc2cc(OC3CCCC(C)CC3)c(F)cc2[nH]1. The zero-order valence-electron chi connectivity index (χ0n) is 28.2. The van der Waals surface area contributed by atoms with E-state index in [2.05, 4.69) is 63.9 Å². The normalized spacial score (nSPS) is 18.3. The maximum atomic E-state index is 15.0. The Hall–Kier alpha value is -4.12. The van der Waals surface area contributed by atoms with Crippen LogP contribution in [0.3, 0.4) is 0 Å². The van der Waals surface area contributed by atoms with E-state index in [4.69, 9.17) is 9.47 Å². The first kappa shape index (κ1) is 33.2. The van der Waals surface area contributed by atoms with Crippen molar-refractivity contribution >= 4 is 16.7 Å². The Labute approximate surface area is 273 Å². The lowest BCUT2D eigenvalue weighted by molar-refractivity contribution is 0.103. The third-order valence-corrected chi connectivity index (χ3v) is 9.44. The zero-order chi connectivity index (χ0) is 32.8. The van der Waals surface area contributed by atoms with Crippen molar-refractivity contribution < 1.29 is 18.7 Å². The van der Waals surface area contributed by atoms with Gasteiger partial charge in [-0.05, 0) is 119 Å². The summed E-state index contributed by atoms with van der Waals surface area (Å²) >= 11 is 0. The topological polar surface area (TPSA) is 51.3 Å². The third-order valence-electron chi connectivity index (χ3n) is 9.44. The van der Waals surface area contributed by atoms with Crippen LogP contribution in [-0.4, -0.2) is 16.9 Å². The average molecular weight is 622 g/mol. The zero-order valence-corrected chi connectivity index (χ0v) is 28.2. The van der Waals surface area contributed by atoms with Gasteiger partial charge < -0.3 is 14.5 Å². The number of hydrogen-bond acceptors (Lipinski definition) is 3. The molecule has 0 saturated heterocycles. The minimum Gasteiger partial charge on any atom is -0.487 e. The molecule has 1 N–H and O–H groups in total. The van der Waals surface area contributed by atoms with Gasteiger partial charge in [0.25, 0.3) is 0 Å². The van der Waals surface area contributed by atoms with E-state index in [0.29, 0.717) is 28.6 Å². The number of aryl methyl sites for hydroxylation is 2. The van der Waals surface area contributed by atoms with Gasteiger partial charge in [0.2, 0.25) is 5.78 Å². The summed E-state index contributed by atoms with van der Waals surface area (Å²) in [6.45, 7) is 12.6. The Kier molecular flexibility index (Phi) is 10.8. The lowest BCUT2D eigenvalue weighted by Gasteiger charge is -2.17. The minimum absolute atomic E-state index is 0.0313. The van der Waals surface area contributed by atoms with Crippen molar-refractivity contribution in [2.45, 2.75) is 98.5 Å². The van der Waals surface area contributed by atoms with Crippen LogP contribution in [0.1, 0.15) is 106 Å². The highest BCUT2D eigenvalue weighted by atomic mass is 19.1. The van der Waals surface area contributed by atoms with Crippen molar-refractivity contribution in [1.29, 1.82) is 0 Å². The highest BCUT2D eigenvalue weighted by Crippen LogP contribution is 2.33. The fraction of sp³-hybridized carbons (Fsp3) is 0.390. The highest BCUT2D eigenvalue weighted by molar-refractivity contribution is 6.11. The van der Waals surface area contributed by atoms with Crippen molar-refractivity contribution in [2.24, 2.45) is 5.92 Å². The molecule has 0 bridgehead atoms. The second kappa shape index (κ2) is 15.0. The van der Waals surface area contributed by atoms with E-state index in [1.54, 1.807) is 6.07 Å². The fourth-order valence-corrected chi connectivity index (χ4v) is 6.36. The molecule has 0 spiro atoms. The standard InChI is InChI=1S/C41H48FNO3/c1-7-31(21-27(3)15-17-28(4)32-18-20-39(30(6)22-32)46-38-14-9-8-12-29(38)5)41(44)37-23-33-24-40(35(42)25-36(33)43-37)45-34-13-10-11-26(2)16-19-34/h7-9,12,14,18,20-26,28,34,43H,10-11,13,15-17,19H2,1-6H3/b27-21-,31-7+. The predicted molar refractivity (Wildman–Crippen MR) is 187 cm³/mol. The first-order valence-corrected chi connectivity index (χ1v) is 16.8. The van der Waals surface area contributed by atoms with Gasteiger partial charge in [0, 0.05) is 22.5 Å². The van der Waals surface area contributed by atoms with Gasteiger partial charge in [0.15, 0.2) is 11.6 Å². The van der Waals surface area contributed by atoms with Gasteiger partial charge in [-0.3, -0.25) is 4.79 Å². The van der Waals surface area contributed by atoms with E-state index in [0.717, 1.165) is 72.1 Å². The molecule has 0 amide bonds. The quantitative estimate of drug-likeness (QED) is 0.0784. The summed E-state index contributed by atoms with van der Waals surface area (Å²) in [6, 6.07) is 19.5. The average Bonchev–Trinajstić information content (AvgIpc) is 3.33. The fourth-order valence-electron chi connectivity index (χ4n) is 6.36. The first-order valence-electron chi connectivity index (χ1n) is 16.8. The number of fused-ring (bicyclic) bond motifs is 1. The van der Waals surface area contributed by atoms with Crippen molar-refractivity contribution in [2.75, 3.05) is 0 Å². The molecule has 3 unspecified atom stereocenters. The van der Waals surface area contributed by atoms with Crippen LogP contribution in [0.2, 0.25) is 0 Å². The summed E-state index contributed by atoms with van der Waals surface area (Å²) in [7, 11) is 0. The Morgan fingerprint density at radius 1 is 0.978 bits per heavy atom. The molecular formula is C41H48FNO3. The number of benzene rings is 3. The summed E-state index contributed by atoms with van der Waals surface area (Å²) in [5.74, 6) is 2.55. The third kappa shape index (κ3) is 8.17. The van der Waals surface area contributed by atoms with Gasteiger partial charge in [-0.25, -0.2) is 4.39 Å². The molecule has 5 rings (SSSR count). The number of carbonyl (C=O) groups is 1. The molecular weight excluding hydrogens is 573 g/mol. The second-order valence-electron chi connectivity index (χ2n) is 13.3. The predicted octanol–water partition coefficient (Wildman–Crippen LogP) is 11.7. The molecule has 46 heavy (non-hydrogen) atoms. The molecule has 1 aliphatic rings. The molecule has 0 aliphatic heterocycles. The molecule has 1 aliphatic carbocycles. The molecule has 242 valence electrons. The van der Waals surface area contributed by atoms with Crippen LogP contribution in [0, 0.1) is 25.6 Å². The van der Waals surface area contributed by atoms with Gasteiger partial charge in [0.05, 0.1) is 11.8 Å². The molecule has 1 aromatic heterocycles. The van der Waals surface area contributed by atoms with Gasteiger partial charge in [-0.15, -0.1) is 0 Å². The molecule has 0 radical (unpaired) electrons. The number of para-hydroxylation sites is 1. The number of ether oxygens (including phenoxy) is 2. The number of halogens is 1. The van der Waals surface area contributed by atoms with E-state index < -0.39 is 5.82 Å². The molecule has 1 saturated carbocycles. The van der Waals surface area contributed by atoms with Crippen LogP contribution in [0.15, 0.2) is 84.0 Å². The summed E-state index contributed by atoms with van der Waals surface area (Å²) in [6.07, 6.45) is 11.0. The Balaban J connectivity index is 1.21. The number of aromatic amines is 1. The largest absolute Gasteiger partial charge is 0.487 e. The van der Waals surface area contributed by atoms with Crippen LogP contribution in [0.5, 0.6) is 17.2 Å². The lowest BCUT2D eigenvalue weighted by Crippen LogP contribution is -2.16. The van der Waals surface area contributed by atoms with E-state index in [-0.39, 0.29) is 17.6 Å². The number of ketones is 1. The smallest absolute Gasteiger partial charge is 0.208 e. The Morgan fingerprint density at radius 2 is 1.76 bits per heavy atom. The summed E-state index contributed by atoms with van der Waals surface area (Å²) in [4.78, 5) is 16.7. The molecule has 5 heteroatoms. The number of H-pyrrole nitrogens is 1. The molecule has 1 heterocycles. The number of nitrogens with one attached hydrogen (secondary N) is 1. The summed E-state index contributed by atoms with van der Waals surface area (Å²) in [5.41, 5.74) is 6.29. The maximum absolute atomic E-state index is 15.0. The van der Waals surface area contributed by atoms with Gasteiger partial charge in [-0.1, -0.05) is 68.3 Å². The van der Waals surface area contributed by atoms with Crippen LogP contribution in [0.4, 0.5) is 4.39 Å². The van der Waals surface area contributed by atoms with Crippen molar-refractivity contribution in [3.63, 3.8) is 0 Å². The summed E-state index contributed by atoms with van der Waals surface area (Å²) < 4.78 is 27.3. The second-order valence-corrected chi connectivity index (χ2v) is 13.3. The Bertz CT molecular complexity index is 1750. The van der Waals surface area contributed by atoms with E-state index in [1.807, 2.05) is 43.3 Å². The lowest BCUT2D eigenvalue weighted by atomic mass is 9.92. The van der Waals surface area contributed by atoms with E-state index in [1.165, 1.54) is 18.1 Å². The monoisotopic (exact) mass is 621 g/mol. The molecule has 4 nitrogen and oxygen atoms in total. The van der Waals surface area contributed by atoms with Crippen LogP contribution in [0.25, 0.3) is 10.9 Å². The van der Waals surface area contributed by atoms with Gasteiger partial charge >= 0.3 is 0 Å². The van der Waals surface area contributed by atoms with Crippen LogP contribution < -0.4 is 9.47 Å². The molecule has 3 aromatic carbocycles. The van der Waals surface area contributed by atoms with E-state index in [9.17, 15) is 4.79 Å². The first-order chi connectivity index (χ1) is 22.1. The number of allylic oxidation sites excluding steroid dienone is 4. The van der Waals surface area contributed by atoms with E-state index >= 15 is 4.39 Å². The highest BCUT2D eigenvalue weighted by Gasteiger charge is 2.21. The van der Waals surface area contributed by atoms with Gasteiger partial charge in [-0.2, -0.15) is 0 Å². The number of aromatic nitrogens is 1. The van der Waals surface area contributed by atoms with Crippen LogP contribution in [-0.2, 0) is 0 Å². The van der Waals surface area contributed by atoms with Crippen LogP contribution >= 0.6 is 0 Å². The number of rotatable bonds is 11. The van der Waals surface area contributed by atoms with Crippen molar-refractivity contribution in [1.82, 2.24) is 4.98 Å². The number of carbonyl (C=O) groups excluding carboxylic acids is 1. The molecule has 1 fully saturated rings. The maximum Gasteiger partial charge on any atom is 0.208 e. The minimum atomic E-state index is -0.398. The number of hydrogen-bond donors (Lipinski definition) is 1. The Morgan fingerprint density at radius 3 is 2.52 bits per heavy atom. The van der Waals surface area contributed by atoms with Crippen molar-refractivity contribution in [3.05, 3.63) is 112 Å². The summed E-state index contributed by atoms with van der Waals surface area (Å²) in [5, 5.41) is 0.775. The number of Topliss-reactive ketones (excluding diaryl/α,β-unsaturated/α-hetero) is 1. The van der Waals surface area contributed by atoms with Crippen molar-refractivity contribution in [3.8, 4) is 17.2 Å². The molecule has 3 atom stereocenters.